The molecule has 1 heterocycles. The van der Waals surface area contributed by atoms with Crippen LogP contribution < -0.4 is 19.9 Å². The maximum absolute atomic E-state index is 12.3. The fourth-order valence-electron chi connectivity index (χ4n) is 3.20. The molecule has 0 spiro atoms. The number of amides is 1. The number of hydrogen-bond acceptors (Lipinski definition) is 3. The summed E-state index contributed by atoms with van der Waals surface area (Å²) in [7, 11) is 1.68. The fourth-order valence-corrected chi connectivity index (χ4v) is 3.20. The third-order valence-electron chi connectivity index (χ3n) is 5.47. The van der Waals surface area contributed by atoms with Gasteiger partial charge in [0.25, 0.3) is 5.91 Å². The van der Waals surface area contributed by atoms with Crippen molar-refractivity contribution in [2.45, 2.75) is 32.9 Å². The van der Waals surface area contributed by atoms with E-state index in [1.54, 1.807) is 18.9 Å². The van der Waals surface area contributed by atoms with Gasteiger partial charge in [0.15, 0.2) is 6.54 Å². The Morgan fingerprint density at radius 1 is 1.23 bits per heavy atom. The van der Waals surface area contributed by atoms with Crippen LogP contribution in [0.3, 0.4) is 0 Å². The Balaban J connectivity index is 1.77. The highest BCUT2D eigenvalue weighted by Crippen LogP contribution is 2.14. The lowest BCUT2D eigenvalue weighted by Crippen LogP contribution is -3.28. The Morgan fingerprint density at radius 2 is 1.81 bits per heavy atom. The van der Waals surface area contributed by atoms with Gasteiger partial charge in [-0.25, -0.2) is 0 Å². The highest BCUT2D eigenvalue weighted by molar-refractivity contribution is 5.78. The summed E-state index contributed by atoms with van der Waals surface area (Å²) >= 11 is 0. The van der Waals surface area contributed by atoms with E-state index < -0.39 is 5.54 Å². The predicted molar refractivity (Wildman–Crippen MR) is 100.0 cm³/mol. The average Bonchev–Trinajstić information content (AvgIpc) is 2.63. The molecule has 0 saturated carbocycles. The Bertz CT molecular complexity index is 630. The molecular weight excluding hydrogens is 328 g/mol. The number of methoxy groups -OCH3 is 1. The molecular formula is C20H32N4O2+2. The number of benzene rings is 1. The molecule has 1 aliphatic rings. The van der Waals surface area contributed by atoms with Crippen LogP contribution in [-0.2, 0) is 11.3 Å². The topological polar surface area (TPSA) is 71.0 Å². The molecule has 0 unspecified atom stereocenters. The number of nitrogens with one attached hydrogen (secondary N) is 3. The fraction of sp³-hybridized carbons (Fsp3) is 0.600. The summed E-state index contributed by atoms with van der Waals surface area (Å²) in [5.74, 6) is 0.934. The van der Waals surface area contributed by atoms with Gasteiger partial charge >= 0.3 is 0 Å². The number of piperazine rings is 1. The zero-order valence-electron chi connectivity index (χ0n) is 16.4. The number of ether oxygens (including phenoxy) is 1. The second kappa shape index (κ2) is 9.02. The van der Waals surface area contributed by atoms with Gasteiger partial charge in [-0.2, -0.15) is 5.26 Å². The van der Waals surface area contributed by atoms with Crippen LogP contribution >= 0.6 is 0 Å². The molecule has 3 N–H and O–H groups in total. The van der Waals surface area contributed by atoms with Crippen molar-refractivity contribution in [2.24, 2.45) is 5.92 Å². The Hall–Kier alpha value is -2.10. The highest BCUT2D eigenvalue weighted by atomic mass is 16.5. The second-order valence-corrected chi connectivity index (χ2v) is 7.72. The van der Waals surface area contributed by atoms with Crippen molar-refractivity contribution in [1.82, 2.24) is 5.32 Å². The van der Waals surface area contributed by atoms with Crippen molar-refractivity contribution in [2.75, 3.05) is 39.8 Å². The van der Waals surface area contributed by atoms with Crippen LogP contribution in [-0.4, -0.2) is 51.3 Å². The minimum absolute atomic E-state index is 0.0312. The van der Waals surface area contributed by atoms with E-state index in [1.807, 2.05) is 26.0 Å². The third kappa shape index (κ3) is 5.45. The van der Waals surface area contributed by atoms with E-state index in [4.69, 9.17) is 4.74 Å². The van der Waals surface area contributed by atoms with Crippen LogP contribution in [0.25, 0.3) is 0 Å². The number of hydrogen-bond donors (Lipinski definition) is 3. The van der Waals surface area contributed by atoms with Gasteiger partial charge in [-0.1, -0.05) is 13.8 Å². The Kier molecular flexibility index (Phi) is 7.01. The molecule has 1 saturated heterocycles. The molecule has 6 heteroatoms. The molecule has 2 rings (SSSR count). The van der Waals surface area contributed by atoms with Gasteiger partial charge < -0.3 is 19.9 Å². The molecule has 6 nitrogen and oxygen atoms in total. The molecule has 1 atom stereocenters. The van der Waals surface area contributed by atoms with Crippen molar-refractivity contribution in [1.29, 1.82) is 5.26 Å². The number of carbonyl (C=O) groups excluding carboxylic acids is 1. The number of nitrogens with zero attached hydrogens (tertiary/aromatic N) is 1. The van der Waals surface area contributed by atoms with Crippen molar-refractivity contribution < 1.29 is 19.3 Å². The van der Waals surface area contributed by atoms with E-state index in [1.165, 1.54) is 10.5 Å². The van der Waals surface area contributed by atoms with E-state index in [9.17, 15) is 10.1 Å². The number of carbonyl (C=O) groups is 1. The van der Waals surface area contributed by atoms with E-state index >= 15 is 0 Å². The maximum Gasteiger partial charge on any atom is 0.276 e. The molecule has 0 aliphatic carbocycles. The maximum atomic E-state index is 12.3. The minimum atomic E-state index is -0.794. The molecule has 0 aromatic heterocycles. The summed E-state index contributed by atoms with van der Waals surface area (Å²) in [5, 5.41) is 12.2. The van der Waals surface area contributed by atoms with Gasteiger partial charge in [0.2, 0.25) is 0 Å². The van der Waals surface area contributed by atoms with E-state index in [0.29, 0.717) is 6.54 Å². The van der Waals surface area contributed by atoms with E-state index in [-0.39, 0.29) is 11.8 Å². The lowest BCUT2D eigenvalue weighted by Gasteiger charge is -2.31. The van der Waals surface area contributed by atoms with Crippen molar-refractivity contribution >= 4 is 5.91 Å². The van der Waals surface area contributed by atoms with Crippen LogP contribution in [0, 0.1) is 17.2 Å². The molecule has 1 fully saturated rings. The summed E-state index contributed by atoms with van der Waals surface area (Å²) < 4.78 is 5.20. The lowest BCUT2D eigenvalue weighted by atomic mass is 9.90. The van der Waals surface area contributed by atoms with Gasteiger partial charge in [-0.15, -0.1) is 0 Å². The number of quaternary nitrogens is 2. The van der Waals surface area contributed by atoms with Crippen LogP contribution in [0.2, 0.25) is 0 Å². The first kappa shape index (κ1) is 20.2. The third-order valence-corrected chi connectivity index (χ3v) is 5.47. The Morgan fingerprint density at radius 3 is 2.31 bits per heavy atom. The SMILES string of the molecule is COc1ccc(C[NH+]2CC[NH+](CC(=O)N[C@](C)(C#N)C(C)C)CC2)cc1. The van der Waals surface area contributed by atoms with Crippen LogP contribution in [0.15, 0.2) is 24.3 Å². The highest BCUT2D eigenvalue weighted by Gasteiger charge is 2.32. The van der Waals surface area contributed by atoms with Crippen molar-refractivity contribution in [3.8, 4) is 11.8 Å². The molecule has 26 heavy (non-hydrogen) atoms. The standard InChI is InChI=1S/C20H30N4O2/c1-16(2)20(3,15-21)22-19(25)14-24-11-9-23(10-12-24)13-17-5-7-18(26-4)8-6-17/h5-8,16H,9-14H2,1-4H3,(H,22,25)/p+2/t20-/m1/s1. The first-order valence-electron chi connectivity index (χ1n) is 9.38. The normalized spacial score (nSPS) is 22.3. The molecule has 1 amide bonds. The first-order valence-corrected chi connectivity index (χ1v) is 9.38. The monoisotopic (exact) mass is 360 g/mol. The van der Waals surface area contributed by atoms with Gasteiger partial charge in [-0.3, -0.25) is 4.79 Å². The Labute approximate surface area is 156 Å². The predicted octanol–water partition coefficient (Wildman–Crippen LogP) is -0.967. The first-order chi connectivity index (χ1) is 12.4. The molecule has 1 aromatic rings. The number of rotatable bonds is 7. The van der Waals surface area contributed by atoms with Crippen LogP contribution in [0.5, 0.6) is 5.75 Å². The van der Waals surface area contributed by atoms with Gasteiger partial charge in [0, 0.05) is 5.56 Å². The zero-order chi connectivity index (χ0) is 19.2. The summed E-state index contributed by atoms with van der Waals surface area (Å²) in [5.41, 5.74) is 0.515. The molecule has 0 radical (unpaired) electrons. The van der Waals surface area contributed by atoms with Crippen molar-refractivity contribution in [3.05, 3.63) is 29.8 Å². The molecule has 1 aliphatic heterocycles. The van der Waals surface area contributed by atoms with Crippen molar-refractivity contribution in [3.63, 3.8) is 0 Å². The number of nitriles is 1. The van der Waals surface area contributed by atoms with Gasteiger partial charge in [0.1, 0.15) is 44.0 Å². The second-order valence-electron chi connectivity index (χ2n) is 7.72. The summed E-state index contributed by atoms with van der Waals surface area (Å²) in [6.45, 7) is 11.2. The van der Waals surface area contributed by atoms with Gasteiger partial charge in [0.05, 0.1) is 13.2 Å². The summed E-state index contributed by atoms with van der Waals surface area (Å²) in [6, 6.07) is 10.5. The van der Waals surface area contributed by atoms with E-state index in [2.05, 4.69) is 23.5 Å². The molecule has 142 valence electrons. The van der Waals surface area contributed by atoms with Crippen LogP contribution in [0.1, 0.15) is 26.3 Å². The minimum Gasteiger partial charge on any atom is -0.497 e. The average molecular weight is 361 g/mol. The summed E-state index contributed by atoms with van der Waals surface area (Å²) in [6.07, 6.45) is 0. The lowest BCUT2D eigenvalue weighted by molar-refractivity contribution is -1.02. The zero-order valence-corrected chi connectivity index (χ0v) is 16.4. The van der Waals surface area contributed by atoms with E-state index in [0.717, 1.165) is 38.5 Å². The largest absolute Gasteiger partial charge is 0.497 e. The molecule has 1 aromatic carbocycles. The molecule has 0 bridgehead atoms. The van der Waals surface area contributed by atoms with Gasteiger partial charge in [-0.05, 0) is 37.1 Å². The smallest absolute Gasteiger partial charge is 0.276 e. The summed E-state index contributed by atoms with van der Waals surface area (Å²) in [4.78, 5) is 15.2. The van der Waals surface area contributed by atoms with Crippen LogP contribution in [0.4, 0.5) is 0 Å². The quantitative estimate of drug-likeness (QED) is 0.586.